The van der Waals surface area contributed by atoms with Gasteiger partial charge in [-0.2, -0.15) is 0 Å². The van der Waals surface area contributed by atoms with Crippen LogP contribution >= 0.6 is 27.3 Å². The number of sulfonamides is 1. The van der Waals surface area contributed by atoms with Crippen molar-refractivity contribution in [3.05, 3.63) is 14.7 Å². The van der Waals surface area contributed by atoms with Gasteiger partial charge in [-0.05, 0) is 53.1 Å². The molecule has 2 unspecified atom stereocenters. The fourth-order valence-corrected chi connectivity index (χ4v) is 5.90. The van der Waals surface area contributed by atoms with Crippen LogP contribution in [-0.4, -0.2) is 21.0 Å². The minimum atomic E-state index is -3.39. The Morgan fingerprint density at radius 1 is 1.45 bits per heavy atom. The van der Waals surface area contributed by atoms with Crippen LogP contribution in [0.1, 0.15) is 31.1 Å². The van der Waals surface area contributed by atoms with E-state index in [0.29, 0.717) is 33.1 Å². The van der Waals surface area contributed by atoms with E-state index in [1.807, 2.05) is 0 Å². The highest BCUT2D eigenvalue weighted by atomic mass is 79.9. The van der Waals surface area contributed by atoms with Crippen molar-refractivity contribution in [2.75, 3.05) is 6.54 Å². The molecule has 7 heteroatoms. The Morgan fingerprint density at radius 2 is 2.15 bits per heavy atom. The topological polar surface area (TPSA) is 58.2 Å². The Kier molecular flexibility index (Phi) is 4.25. The van der Waals surface area contributed by atoms with Crippen LogP contribution in [0.4, 0.5) is 0 Å². The zero-order valence-electron chi connectivity index (χ0n) is 11.4. The highest BCUT2D eigenvalue weighted by Crippen LogP contribution is 2.37. The Morgan fingerprint density at radius 3 is 2.75 bits per heavy atom. The summed E-state index contributed by atoms with van der Waals surface area (Å²) in [6, 6.07) is 2.41. The summed E-state index contributed by atoms with van der Waals surface area (Å²) in [4.78, 5) is 1.44. The van der Waals surface area contributed by atoms with Gasteiger partial charge in [0.25, 0.3) is 0 Å². The second-order valence-electron chi connectivity index (χ2n) is 5.83. The molecular formula is C13H19BrN2O2S2. The van der Waals surface area contributed by atoms with E-state index in [9.17, 15) is 8.42 Å². The van der Waals surface area contributed by atoms with Crippen molar-refractivity contribution in [2.45, 2.75) is 43.7 Å². The zero-order chi connectivity index (χ0) is 14.3. The first-order valence-electron chi connectivity index (χ1n) is 6.97. The number of hydrogen-bond donors (Lipinski definition) is 2. The average Bonchev–Trinajstić information content (AvgIpc) is 3.28. The molecule has 2 N–H and O–H groups in total. The van der Waals surface area contributed by atoms with Crippen molar-refractivity contribution >= 4 is 37.3 Å². The van der Waals surface area contributed by atoms with Gasteiger partial charge in [-0.25, -0.2) is 13.1 Å². The standard InChI is InChI=1S/C13H19BrN2O2S2/c1-8-4-9(8)6-16-20(17,18)12-5-11(19-13(12)14)7-15-10-2-3-10/h5,8-10,15-16H,2-4,6-7H2,1H3. The molecule has 2 fully saturated rings. The molecule has 2 aliphatic rings. The van der Waals surface area contributed by atoms with Crippen LogP contribution in [0, 0.1) is 11.8 Å². The van der Waals surface area contributed by atoms with E-state index in [1.165, 1.54) is 24.2 Å². The lowest BCUT2D eigenvalue weighted by atomic mass is 10.3. The highest BCUT2D eigenvalue weighted by molar-refractivity contribution is 9.11. The second-order valence-corrected chi connectivity index (χ2v) is 10.0. The van der Waals surface area contributed by atoms with Crippen molar-refractivity contribution in [3.8, 4) is 0 Å². The van der Waals surface area contributed by atoms with Crippen LogP contribution in [0.15, 0.2) is 14.7 Å². The van der Waals surface area contributed by atoms with E-state index in [1.54, 1.807) is 6.07 Å². The lowest BCUT2D eigenvalue weighted by Crippen LogP contribution is -2.26. The Bertz CT molecular complexity index is 596. The van der Waals surface area contributed by atoms with Gasteiger partial charge in [0, 0.05) is 24.0 Å². The molecule has 0 spiro atoms. The Hall–Kier alpha value is 0.0500. The van der Waals surface area contributed by atoms with Crippen molar-refractivity contribution in [2.24, 2.45) is 11.8 Å². The molecule has 1 aromatic heterocycles. The van der Waals surface area contributed by atoms with Crippen molar-refractivity contribution in [1.29, 1.82) is 0 Å². The molecule has 20 heavy (non-hydrogen) atoms. The van der Waals surface area contributed by atoms with E-state index >= 15 is 0 Å². The van der Waals surface area contributed by atoms with Crippen LogP contribution in [0.3, 0.4) is 0 Å². The molecule has 3 rings (SSSR count). The predicted octanol–water partition coefficient (Wildman–Crippen LogP) is 2.70. The molecule has 4 nitrogen and oxygen atoms in total. The number of rotatable bonds is 7. The molecule has 0 radical (unpaired) electrons. The molecule has 0 aliphatic heterocycles. The van der Waals surface area contributed by atoms with Crippen LogP contribution in [-0.2, 0) is 16.6 Å². The van der Waals surface area contributed by atoms with Gasteiger partial charge in [0.05, 0.1) is 3.79 Å². The molecule has 0 saturated heterocycles. The average molecular weight is 379 g/mol. The van der Waals surface area contributed by atoms with Crippen LogP contribution in [0.2, 0.25) is 0 Å². The molecule has 1 aromatic rings. The third-order valence-corrected chi connectivity index (χ3v) is 7.63. The molecule has 2 atom stereocenters. The number of thiophene rings is 1. The maximum Gasteiger partial charge on any atom is 0.242 e. The summed E-state index contributed by atoms with van der Waals surface area (Å²) >= 11 is 4.88. The van der Waals surface area contributed by atoms with E-state index in [2.05, 4.69) is 32.9 Å². The van der Waals surface area contributed by atoms with Crippen molar-refractivity contribution in [1.82, 2.24) is 10.0 Å². The van der Waals surface area contributed by atoms with Gasteiger partial charge in [-0.1, -0.05) is 6.92 Å². The lowest BCUT2D eigenvalue weighted by molar-refractivity contribution is 0.574. The fourth-order valence-electron chi connectivity index (χ4n) is 2.18. The lowest BCUT2D eigenvalue weighted by Gasteiger charge is -2.04. The second kappa shape index (κ2) is 5.68. The zero-order valence-corrected chi connectivity index (χ0v) is 14.6. The molecule has 2 saturated carbocycles. The van der Waals surface area contributed by atoms with Gasteiger partial charge in [0.15, 0.2) is 0 Å². The van der Waals surface area contributed by atoms with Gasteiger partial charge in [-0.15, -0.1) is 11.3 Å². The molecule has 0 amide bonds. The van der Waals surface area contributed by atoms with Crippen molar-refractivity contribution in [3.63, 3.8) is 0 Å². The molecular weight excluding hydrogens is 360 g/mol. The number of hydrogen-bond acceptors (Lipinski definition) is 4. The van der Waals surface area contributed by atoms with Crippen LogP contribution in [0.25, 0.3) is 0 Å². The molecule has 112 valence electrons. The quantitative estimate of drug-likeness (QED) is 0.766. The predicted molar refractivity (Wildman–Crippen MR) is 84.3 cm³/mol. The van der Waals surface area contributed by atoms with Gasteiger partial charge in [-0.3, -0.25) is 0 Å². The van der Waals surface area contributed by atoms with Gasteiger partial charge in [0.1, 0.15) is 4.90 Å². The SMILES string of the molecule is CC1CC1CNS(=O)(=O)c1cc(CNC2CC2)sc1Br. The van der Waals surface area contributed by atoms with Gasteiger partial charge < -0.3 is 5.32 Å². The smallest absolute Gasteiger partial charge is 0.242 e. The minimum Gasteiger partial charge on any atom is -0.309 e. The Balaban J connectivity index is 1.64. The summed E-state index contributed by atoms with van der Waals surface area (Å²) < 4.78 is 28.0. The monoisotopic (exact) mass is 378 g/mol. The van der Waals surface area contributed by atoms with E-state index in [-0.39, 0.29) is 0 Å². The van der Waals surface area contributed by atoms with Crippen LogP contribution < -0.4 is 10.0 Å². The third kappa shape index (κ3) is 3.62. The summed E-state index contributed by atoms with van der Waals surface area (Å²) in [5.74, 6) is 1.17. The van der Waals surface area contributed by atoms with E-state index < -0.39 is 10.0 Å². The minimum absolute atomic E-state index is 0.378. The van der Waals surface area contributed by atoms with E-state index in [4.69, 9.17) is 0 Å². The van der Waals surface area contributed by atoms with Crippen LogP contribution in [0.5, 0.6) is 0 Å². The summed E-state index contributed by atoms with van der Waals surface area (Å²) in [6.45, 7) is 3.46. The summed E-state index contributed by atoms with van der Waals surface area (Å²) in [5.41, 5.74) is 0. The number of nitrogens with one attached hydrogen (secondary N) is 2. The maximum absolute atomic E-state index is 12.3. The molecule has 0 bridgehead atoms. The molecule has 1 heterocycles. The largest absolute Gasteiger partial charge is 0.309 e. The first kappa shape index (κ1) is 15.0. The number of halogens is 1. The normalized spacial score (nSPS) is 25.9. The van der Waals surface area contributed by atoms with Gasteiger partial charge in [0.2, 0.25) is 10.0 Å². The highest BCUT2D eigenvalue weighted by Gasteiger charge is 2.34. The first-order valence-corrected chi connectivity index (χ1v) is 10.1. The summed E-state index contributed by atoms with van der Waals surface area (Å²) in [5, 5.41) is 3.41. The maximum atomic E-state index is 12.3. The van der Waals surface area contributed by atoms with E-state index in [0.717, 1.165) is 17.8 Å². The third-order valence-electron chi connectivity index (χ3n) is 3.95. The fraction of sp³-hybridized carbons (Fsp3) is 0.692. The van der Waals surface area contributed by atoms with Gasteiger partial charge >= 0.3 is 0 Å². The summed E-state index contributed by atoms with van der Waals surface area (Å²) in [7, 11) is -3.39. The summed E-state index contributed by atoms with van der Waals surface area (Å²) in [6.07, 6.45) is 3.60. The van der Waals surface area contributed by atoms with Crippen molar-refractivity contribution < 1.29 is 8.42 Å². The first-order chi connectivity index (χ1) is 9.45. The molecule has 2 aliphatic carbocycles. The molecule has 0 aromatic carbocycles. The Labute approximate surface area is 132 Å².